The van der Waals surface area contributed by atoms with E-state index in [1.165, 1.54) is 0 Å². The third-order valence-electron chi connectivity index (χ3n) is 5.22. The minimum Gasteiger partial charge on any atom is -0.348 e. The van der Waals surface area contributed by atoms with Gasteiger partial charge in [0.15, 0.2) is 5.79 Å². The number of hydrogen-bond donors (Lipinski definition) is 1. The first-order chi connectivity index (χ1) is 13.7. The highest BCUT2D eigenvalue weighted by Gasteiger charge is 2.40. The molecule has 146 valence electrons. The monoisotopic (exact) mass is 381 g/mol. The van der Waals surface area contributed by atoms with Crippen LogP contribution in [0.3, 0.4) is 0 Å². The number of amides is 2. The summed E-state index contributed by atoms with van der Waals surface area (Å²) >= 11 is 0. The number of likely N-dealkylation sites (tertiary alicyclic amines) is 1. The first-order valence-electron chi connectivity index (χ1n) is 9.50. The van der Waals surface area contributed by atoms with Crippen molar-refractivity contribution in [1.29, 1.82) is 0 Å². The van der Waals surface area contributed by atoms with E-state index >= 15 is 0 Å². The summed E-state index contributed by atoms with van der Waals surface area (Å²) in [4.78, 5) is 30.8. The lowest BCUT2D eigenvalue weighted by molar-refractivity contribution is -0.181. The van der Waals surface area contributed by atoms with E-state index in [0.29, 0.717) is 56.8 Å². The minimum absolute atomic E-state index is 0.0309. The van der Waals surface area contributed by atoms with Crippen molar-refractivity contribution in [3.8, 4) is 0 Å². The lowest BCUT2D eigenvalue weighted by Gasteiger charge is -2.37. The molecule has 2 aliphatic heterocycles. The number of benzene rings is 1. The Kier molecular flexibility index (Phi) is 5.36. The largest absolute Gasteiger partial charge is 0.348 e. The fraction of sp³-hybridized carbons (Fsp3) is 0.381. The number of rotatable bonds is 4. The Labute approximate surface area is 163 Å². The van der Waals surface area contributed by atoms with Crippen LogP contribution in [0.25, 0.3) is 0 Å². The topological polar surface area (TPSA) is 80.8 Å². The zero-order valence-corrected chi connectivity index (χ0v) is 15.6. The number of nitrogens with zero attached hydrogens (tertiary/aromatic N) is 2. The molecule has 2 amide bonds. The van der Waals surface area contributed by atoms with Crippen LogP contribution >= 0.6 is 0 Å². The van der Waals surface area contributed by atoms with Crippen LogP contribution in [0.4, 0.5) is 0 Å². The van der Waals surface area contributed by atoms with Gasteiger partial charge in [0.1, 0.15) is 0 Å². The number of hydrogen-bond acceptors (Lipinski definition) is 5. The van der Waals surface area contributed by atoms with Gasteiger partial charge in [0.05, 0.1) is 13.2 Å². The zero-order chi connectivity index (χ0) is 19.4. The minimum atomic E-state index is -0.493. The number of ether oxygens (including phenoxy) is 2. The standard InChI is InChI=1S/C21H23N3O4/c25-19(23-15-16-5-9-22-10-6-16)17-1-3-18(4-2-17)20(26)24-11-7-21(8-12-24)27-13-14-28-21/h1-6,9-10H,7-8,11-15H2,(H,23,25). The lowest BCUT2D eigenvalue weighted by atomic mass is 10.0. The number of pyridine rings is 1. The molecule has 1 aromatic carbocycles. The summed E-state index contributed by atoms with van der Waals surface area (Å²) in [6.45, 7) is 2.89. The second kappa shape index (κ2) is 8.08. The molecule has 0 unspecified atom stereocenters. The highest BCUT2D eigenvalue weighted by atomic mass is 16.7. The molecular weight excluding hydrogens is 358 g/mol. The lowest BCUT2D eigenvalue weighted by Crippen LogP contribution is -2.47. The number of piperidine rings is 1. The maximum atomic E-state index is 12.7. The Morgan fingerprint density at radius 1 is 0.964 bits per heavy atom. The van der Waals surface area contributed by atoms with Crippen LogP contribution in [0.2, 0.25) is 0 Å². The van der Waals surface area contributed by atoms with Gasteiger partial charge in [-0.2, -0.15) is 0 Å². The number of aromatic nitrogens is 1. The normalized spacial score (nSPS) is 18.2. The number of nitrogens with one attached hydrogen (secondary N) is 1. The van der Waals surface area contributed by atoms with Crippen molar-refractivity contribution < 1.29 is 19.1 Å². The molecule has 2 aliphatic rings. The van der Waals surface area contributed by atoms with Crippen molar-refractivity contribution in [2.75, 3.05) is 26.3 Å². The Morgan fingerprint density at radius 2 is 1.57 bits per heavy atom. The van der Waals surface area contributed by atoms with Crippen LogP contribution in [0.15, 0.2) is 48.8 Å². The summed E-state index contributed by atoms with van der Waals surface area (Å²) < 4.78 is 11.4. The van der Waals surface area contributed by atoms with Crippen molar-refractivity contribution >= 4 is 11.8 Å². The third kappa shape index (κ3) is 4.05. The fourth-order valence-corrected chi connectivity index (χ4v) is 3.57. The Morgan fingerprint density at radius 3 is 2.21 bits per heavy atom. The maximum Gasteiger partial charge on any atom is 0.253 e. The molecule has 0 atom stereocenters. The van der Waals surface area contributed by atoms with E-state index in [-0.39, 0.29) is 11.8 Å². The number of carbonyl (C=O) groups excluding carboxylic acids is 2. The van der Waals surface area contributed by atoms with Gasteiger partial charge < -0.3 is 19.7 Å². The smallest absolute Gasteiger partial charge is 0.253 e. The van der Waals surface area contributed by atoms with E-state index in [0.717, 1.165) is 5.56 Å². The Balaban J connectivity index is 1.32. The van der Waals surface area contributed by atoms with E-state index in [1.54, 1.807) is 36.7 Å². The highest BCUT2D eigenvalue weighted by Crippen LogP contribution is 2.31. The van der Waals surface area contributed by atoms with Crippen molar-refractivity contribution in [1.82, 2.24) is 15.2 Å². The molecule has 2 fully saturated rings. The van der Waals surface area contributed by atoms with Crippen molar-refractivity contribution in [3.63, 3.8) is 0 Å². The summed E-state index contributed by atoms with van der Waals surface area (Å²) in [5, 5.41) is 2.87. The van der Waals surface area contributed by atoms with Gasteiger partial charge in [-0.05, 0) is 42.0 Å². The van der Waals surface area contributed by atoms with Crippen LogP contribution in [0.1, 0.15) is 39.1 Å². The molecule has 0 saturated carbocycles. The number of carbonyl (C=O) groups is 2. The fourth-order valence-electron chi connectivity index (χ4n) is 3.57. The molecule has 4 rings (SSSR count). The maximum absolute atomic E-state index is 12.7. The molecular formula is C21H23N3O4. The average Bonchev–Trinajstić information content (AvgIpc) is 3.21. The van der Waals surface area contributed by atoms with E-state index in [9.17, 15) is 9.59 Å². The van der Waals surface area contributed by atoms with Crippen molar-refractivity contribution in [3.05, 3.63) is 65.5 Å². The Hall–Kier alpha value is -2.77. The van der Waals surface area contributed by atoms with Gasteiger partial charge in [-0.1, -0.05) is 0 Å². The summed E-state index contributed by atoms with van der Waals surface area (Å²) in [7, 11) is 0. The second-order valence-electron chi connectivity index (χ2n) is 7.02. The molecule has 0 aliphatic carbocycles. The van der Waals surface area contributed by atoms with Crippen LogP contribution in [0.5, 0.6) is 0 Å². The summed E-state index contributed by atoms with van der Waals surface area (Å²) in [6, 6.07) is 10.5. The van der Waals surface area contributed by atoms with Gasteiger partial charge >= 0.3 is 0 Å². The summed E-state index contributed by atoms with van der Waals surface area (Å²) in [5.41, 5.74) is 2.08. The van der Waals surface area contributed by atoms with Gasteiger partial charge in [-0.3, -0.25) is 14.6 Å². The van der Waals surface area contributed by atoms with Crippen molar-refractivity contribution in [2.45, 2.75) is 25.2 Å². The molecule has 7 heteroatoms. The van der Waals surface area contributed by atoms with E-state index in [4.69, 9.17) is 9.47 Å². The van der Waals surface area contributed by atoms with Gasteiger partial charge in [0.2, 0.25) is 0 Å². The zero-order valence-electron chi connectivity index (χ0n) is 15.6. The molecule has 2 aromatic rings. The van der Waals surface area contributed by atoms with Gasteiger partial charge in [0, 0.05) is 56.0 Å². The van der Waals surface area contributed by atoms with Gasteiger partial charge in [-0.15, -0.1) is 0 Å². The highest BCUT2D eigenvalue weighted by molar-refractivity contribution is 5.97. The van der Waals surface area contributed by atoms with Crippen LogP contribution in [-0.2, 0) is 16.0 Å². The molecule has 1 N–H and O–H groups in total. The molecule has 28 heavy (non-hydrogen) atoms. The predicted molar refractivity (Wildman–Crippen MR) is 102 cm³/mol. The van der Waals surface area contributed by atoms with Gasteiger partial charge in [0.25, 0.3) is 11.8 Å². The van der Waals surface area contributed by atoms with Crippen molar-refractivity contribution in [2.24, 2.45) is 0 Å². The second-order valence-corrected chi connectivity index (χ2v) is 7.02. The SMILES string of the molecule is O=C(NCc1ccncc1)c1ccc(C(=O)N2CCC3(CC2)OCCO3)cc1. The first kappa shape index (κ1) is 18.6. The van der Waals surface area contributed by atoms with Crippen LogP contribution in [-0.4, -0.2) is 53.8 Å². The molecule has 0 bridgehead atoms. The van der Waals surface area contributed by atoms with E-state index in [2.05, 4.69) is 10.3 Å². The summed E-state index contributed by atoms with van der Waals surface area (Å²) in [6.07, 6.45) is 4.76. The quantitative estimate of drug-likeness (QED) is 0.876. The predicted octanol–water partition coefficient (Wildman–Crippen LogP) is 1.99. The first-order valence-corrected chi connectivity index (χ1v) is 9.50. The molecule has 1 aromatic heterocycles. The van der Waals surface area contributed by atoms with Crippen LogP contribution < -0.4 is 5.32 Å². The third-order valence-corrected chi connectivity index (χ3v) is 5.22. The van der Waals surface area contributed by atoms with Gasteiger partial charge in [-0.25, -0.2) is 0 Å². The molecule has 2 saturated heterocycles. The molecule has 0 radical (unpaired) electrons. The molecule has 3 heterocycles. The average molecular weight is 381 g/mol. The van der Waals surface area contributed by atoms with Crippen LogP contribution in [0, 0.1) is 0 Å². The van der Waals surface area contributed by atoms with E-state index in [1.807, 2.05) is 17.0 Å². The molecule has 1 spiro atoms. The molecule has 7 nitrogen and oxygen atoms in total. The Bertz CT molecular complexity index is 822. The van der Waals surface area contributed by atoms with E-state index < -0.39 is 5.79 Å². The summed E-state index contributed by atoms with van der Waals surface area (Å²) in [5.74, 6) is -0.698.